The predicted octanol–water partition coefficient (Wildman–Crippen LogP) is 2.42. The van der Waals surface area contributed by atoms with E-state index in [1.54, 1.807) is 0 Å². The average Bonchev–Trinajstić information content (AvgIpc) is 2.63. The van der Waals surface area contributed by atoms with E-state index in [1.807, 2.05) is 19.9 Å². The number of hydrogen-bond donors (Lipinski definition) is 0. The smallest absolute Gasteiger partial charge is 0.147 e. The molecule has 2 heterocycles. The van der Waals surface area contributed by atoms with Gasteiger partial charge < -0.3 is 4.90 Å². The van der Waals surface area contributed by atoms with Crippen LogP contribution in [0.15, 0.2) is 6.07 Å². The molecule has 3 heteroatoms. The predicted molar refractivity (Wildman–Crippen MR) is 64.4 cm³/mol. The Morgan fingerprint density at radius 2 is 2.25 bits per heavy atom. The first kappa shape index (κ1) is 10.9. The molecular formula is C13H17N3. The lowest BCUT2D eigenvalue weighted by Gasteiger charge is -2.19. The summed E-state index contributed by atoms with van der Waals surface area (Å²) in [4.78, 5) is 6.76. The second-order valence-electron chi connectivity index (χ2n) is 4.73. The van der Waals surface area contributed by atoms with Gasteiger partial charge in [0.2, 0.25) is 0 Å². The molecule has 1 aromatic rings. The third-order valence-electron chi connectivity index (χ3n) is 3.16. The van der Waals surface area contributed by atoms with Gasteiger partial charge in [-0.1, -0.05) is 6.92 Å². The largest absolute Gasteiger partial charge is 0.355 e. The van der Waals surface area contributed by atoms with Crippen LogP contribution in [-0.4, -0.2) is 18.1 Å². The zero-order valence-corrected chi connectivity index (χ0v) is 10.1. The number of nitriles is 1. The van der Waals surface area contributed by atoms with Crippen molar-refractivity contribution in [2.75, 3.05) is 18.0 Å². The number of pyridine rings is 1. The third-order valence-corrected chi connectivity index (χ3v) is 3.16. The number of anilines is 1. The van der Waals surface area contributed by atoms with Crippen LogP contribution in [0.4, 0.5) is 5.82 Å². The minimum Gasteiger partial charge on any atom is -0.355 e. The minimum atomic E-state index is 0.703. The molecule has 0 aliphatic carbocycles. The monoisotopic (exact) mass is 215 g/mol. The summed E-state index contributed by atoms with van der Waals surface area (Å²) in [5.74, 6) is 1.58. The maximum atomic E-state index is 9.20. The molecule has 84 valence electrons. The van der Waals surface area contributed by atoms with Crippen LogP contribution < -0.4 is 4.90 Å². The van der Waals surface area contributed by atoms with Crippen molar-refractivity contribution in [1.82, 2.24) is 4.98 Å². The second-order valence-corrected chi connectivity index (χ2v) is 4.73. The molecule has 1 aliphatic rings. The molecule has 0 amide bonds. The van der Waals surface area contributed by atoms with Crippen molar-refractivity contribution in [3.8, 4) is 6.07 Å². The molecule has 16 heavy (non-hydrogen) atoms. The average molecular weight is 215 g/mol. The van der Waals surface area contributed by atoms with Crippen molar-refractivity contribution in [3.05, 3.63) is 22.9 Å². The molecule has 1 unspecified atom stereocenters. The summed E-state index contributed by atoms with van der Waals surface area (Å²) in [5.41, 5.74) is 2.76. The Morgan fingerprint density at radius 1 is 1.50 bits per heavy atom. The van der Waals surface area contributed by atoms with E-state index in [0.29, 0.717) is 5.92 Å². The first-order valence-electron chi connectivity index (χ1n) is 5.75. The van der Waals surface area contributed by atoms with Crippen molar-refractivity contribution in [2.24, 2.45) is 5.92 Å². The Morgan fingerprint density at radius 3 is 2.81 bits per heavy atom. The first-order chi connectivity index (χ1) is 7.61. The summed E-state index contributed by atoms with van der Waals surface area (Å²) in [5, 5.41) is 9.20. The number of aromatic nitrogens is 1. The van der Waals surface area contributed by atoms with E-state index < -0.39 is 0 Å². The van der Waals surface area contributed by atoms with Gasteiger partial charge in [-0.25, -0.2) is 4.98 Å². The van der Waals surface area contributed by atoms with Gasteiger partial charge in [0.05, 0.1) is 5.56 Å². The lowest BCUT2D eigenvalue weighted by Crippen LogP contribution is -2.22. The van der Waals surface area contributed by atoms with Crippen LogP contribution in [-0.2, 0) is 0 Å². The summed E-state index contributed by atoms with van der Waals surface area (Å²) in [6.45, 7) is 8.25. The van der Waals surface area contributed by atoms with Gasteiger partial charge in [-0.3, -0.25) is 0 Å². The fraction of sp³-hybridized carbons (Fsp3) is 0.538. The van der Waals surface area contributed by atoms with Crippen molar-refractivity contribution >= 4 is 5.82 Å². The van der Waals surface area contributed by atoms with Gasteiger partial charge >= 0.3 is 0 Å². The Bertz CT molecular complexity index is 445. The lowest BCUT2D eigenvalue weighted by molar-refractivity contribution is 0.658. The van der Waals surface area contributed by atoms with Gasteiger partial charge in [0.25, 0.3) is 0 Å². The molecule has 1 atom stereocenters. The second kappa shape index (κ2) is 4.13. The highest BCUT2D eigenvalue weighted by Crippen LogP contribution is 2.27. The standard InChI is InChI=1S/C13H17N3/c1-9-4-5-16(8-9)13-12(7-14)10(2)6-11(3)15-13/h6,9H,4-5,8H2,1-3H3. The highest BCUT2D eigenvalue weighted by molar-refractivity contribution is 5.58. The number of nitrogens with zero attached hydrogens (tertiary/aromatic N) is 3. The number of rotatable bonds is 1. The van der Waals surface area contributed by atoms with E-state index in [4.69, 9.17) is 0 Å². The molecule has 0 bridgehead atoms. The van der Waals surface area contributed by atoms with Crippen LogP contribution in [0.25, 0.3) is 0 Å². The van der Waals surface area contributed by atoms with Crippen LogP contribution in [0.1, 0.15) is 30.2 Å². The van der Waals surface area contributed by atoms with Gasteiger partial charge in [-0.05, 0) is 37.8 Å². The fourth-order valence-corrected chi connectivity index (χ4v) is 2.31. The van der Waals surface area contributed by atoms with Crippen molar-refractivity contribution in [1.29, 1.82) is 5.26 Å². The van der Waals surface area contributed by atoms with E-state index >= 15 is 0 Å². The molecule has 0 N–H and O–H groups in total. The summed E-state index contributed by atoms with van der Waals surface area (Å²) in [7, 11) is 0. The zero-order chi connectivity index (χ0) is 11.7. The molecule has 1 aliphatic heterocycles. The normalized spacial score (nSPS) is 19.9. The Hall–Kier alpha value is -1.56. The highest BCUT2D eigenvalue weighted by atomic mass is 15.2. The summed E-state index contributed by atoms with van der Waals surface area (Å²) >= 11 is 0. The van der Waals surface area contributed by atoms with E-state index in [2.05, 4.69) is 22.9 Å². The van der Waals surface area contributed by atoms with E-state index in [1.165, 1.54) is 6.42 Å². The molecular weight excluding hydrogens is 198 g/mol. The molecule has 2 rings (SSSR count). The maximum Gasteiger partial charge on any atom is 0.147 e. The van der Waals surface area contributed by atoms with Crippen LogP contribution >= 0.6 is 0 Å². The third kappa shape index (κ3) is 1.88. The number of aryl methyl sites for hydroxylation is 2. The van der Waals surface area contributed by atoms with Crippen molar-refractivity contribution in [3.63, 3.8) is 0 Å². The van der Waals surface area contributed by atoms with Gasteiger partial charge in [0, 0.05) is 18.8 Å². The Balaban J connectivity index is 2.43. The van der Waals surface area contributed by atoms with Gasteiger partial charge in [0.1, 0.15) is 11.9 Å². The molecule has 0 saturated carbocycles. The highest BCUT2D eigenvalue weighted by Gasteiger charge is 2.23. The van der Waals surface area contributed by atoms with Gasteiger partial charge in [0.15, 0.2) is 0 Å². The van der Waals surface area contributed by atoms with E-state index in [0.717, 1.165) is 35.7 Å². The first-order valence-corrected chi connectivity index (χ1v) is 5.75. The molecule has 0 radical (unpaired) electrons. The fourth-order valence-electron chi connectivity index (χ4n) is 2.31. The van der Waals surface area contributed by atoms with Crippen LogP contribution in [0, 0.1) is 31.1 Å². The number of hydrogen-bond acceptors (Lipinski definition) is 3. The van der Waals surface area contributed by atoms with E-state index in [9.17, 15) is 5.26 Å². The van der Waals surface area contributed by atoms with Gasteiger partial charge in [-0.15, -0.1) is 0 Å². The molecule has 0 aromatic carbocycles. The molecule has 3 nitrogen and oxygen atoms in total. The molecule has 1 fully saturated rings. The molecule has 1 saturated heterocycles. The summed E-state index contributed by atoms with van der Waals surface area (Å²) in [6.07, 6.45) is 1.19. The lowest BCUT2D eigenvalue weighted by atomic mass is 10.1. The van der Waals surface area contributed by atoms with Crippen molar-refractivity contribution < 1.29 is 0 Å². The quantitative estimate of drug-likeness (QED) is 0.722. The van der Waals surface area contributed by atoms with Gasteiger partial charge in [-0.2, -0.15) is 5.26 Å². The van der Waals surface area contributed by atoms with Crippen LogP contribution in [0.3, 0.4) is 0 Å². The topological polar surface area (TPSA) is 39.9 Å². The summed E-state index contributed by atoms with van der Waals surface area (Å²) < 4.78 is 0. The molecule has 1 aromatic heterocycles. The maximum absolute atomic E-state index is 9.20. The molecule has 0 spiro atoms. The Kier molecular flexibility index (Phi) is 2.82. The Labute approximate surface area is 96.7 Å². The van der Waals surface area contributed by atoms with E-state index in [-0.39, 0.29) is 0 Å². The van der Waals surface area contributed by atoms with Crippen LogP contribution in [0.2, 0.25) is 0 Å². The van der Waals surface area contributed by atoms with Crippen LogP contribution in [0.5, 0.6) is 0 Å². The SMILES string of the molecule is Cc1cc(C)c(C#N)c(N2CCC(C)C2)n1. The zero-order valence-electron chi connectivity index (χ0n) is 10.1. The minimum absolute atomic E-state index is 0.703. The summed E-state index contributed by atoms with van der Waals surface area (Å²) in [6, 6.07) is 4.25. The van der Waals surface area contributed by atoms with Crippen molar-refractivity contribution in [2.45, 2.75) is 27.2 Å².